The summed E-state index contributed by atoms with van der Waals surface area (Å²) >= 11 is 0. The lowest BCUT2D eigenvalue weighted by atomic mass is 9.73. The summed E-state index contributed by atoms with van der Waals surface area (Å²) in [7, 11) is -3.79. The molecule has 8 nitrogen and oxygen atoms in total. The van der Waals surface area contributed by atoms with Gasteiger partial charge in [-0.3, -0.25) is 9.59 Å². The zero-order valence-electron chi connectivity index (χ0n) is 22.8. The van der Waals surface area contributed by atoms with Crippen LogP contribution in [0.4, 0.5) is 4.39 Å². The van der Waals surface area contributed by atoms with Gasteiger partial charge in [0.2, 0.25) is 21.8 Å². The molecule has 1 atom stereocenters. The van der Waals surface area contributed by atoms with Crippen molar-refractivity contribution in [3.8, 4) is 5.75 Å². The number of carbonyl (C=O) groups is 2. The number of benzene rings is 2. The largest absolute Gasteiger partial charge is 0.491 e. The lowest BCUT2D eigenvalue weighted by Gasteiger charge is -2.41. The number of piperidine rings is 1. The average molecular weight is 572 g/mol. The van der Waals surface area contributed by atoms with Gasteiger partial charge in [0.05, 0.1) is 22.8 Å². The van der Waals surface area contributed by atoms with Gasteiger partial charge in [-0.25, -0.2) is 12.8 Å². The van der Waals surface area contributed by atoms with Crippen molar-refractivity contribution < 1.29 is 27.1 Å². The Labute approximate surface area is 235 Å². The van der Waals surface area contributed by atoms with E-state index >= 15 is 0 Å². The summed E-state index contributed by atoms with van der Waals surface area (Å²) in [4.78, 5) is 28.6. The molecule has 0 bridgehead atoms. The molecule has 2 amide bonds. The number of hydrogen-bond acceptors (Lipinski definition) is 5. The molecular formula is C30H38FN3O5S. The second kappa shape index (κ2) is 12.3. The standard InChI is InChI=1S/C30H38FN3O5S/c31-25-9-11-26(12-10-25)40(37,38)34-18-13-24(22-34)28(35)33-19-15-30(16-20-33)14-5-1-2-6-23-7-3-4-8-27(23)39-21-17-32-29(30)36/h3-4,7-12,24H,1-2,5-6,13-22H2,(H,32,36). The molecule has 5 rings (SSSR count). The van der Waals surface area contributed by atoms with Crippen LogP contribution in [0.3, 0.4) is 0 Å². The van der Waals surface area contributed by atoms with Crippen molar-refractivity contribution >= 4 is 21.8 Å². The van der Waals surface area contributed by atoms with Crippen molar-refractivity contribution in [2.75, 3.05) is 39.3 Å². The lowest BCUT2D eigenvalue weighted by molar-refractivity contribution is -0.143. The number of ether oxygens (including phenoxy) is 1. The number of sulfonamides is 1. The maximum absolute atomic E-state index is 13.4. The van der Waals surface area contributed by atoms with Crippen molar-refractivity contribution in [3.05, 3.63) is 59.9 Å². The number of fused-ring (bicyclic) bond motifs is 1. The van der Waals surface area contributed by atoms with Crippen LogP contribution in [0.2, 0.25) is 0 Å². The van der Waals surface area contributed by atoms with Gasteiger partial charge in [0.1, 0.15) is 18.2 Å². The van der Waals surface area contributed by atoms with E-state index in [0.717, 1.165) is 50.0 Å². The van der Waals surface area contributed by atoms with E-state index in [1.807, 2.05) is 18.2 Å². The summed E-state index contributed by atoms with van der Waals surface area (Å²) in [6.45, 7) is 2.16. The number of halogens is 1. The van der Waals surface area contributed by atoms with Gasteiger partial charge in [-0.1, -0.05) is 31.0 Å². The number of amides is 2. The SMILES string of the molecule is O=C(C1CCN(S(=O)(=O)c2ccc(F)cc2)C1)N1CCC2(CCCCCc3ccccc3OCCNC2=O)CC1. The smallest absolute Gasteiger partial charge is 0.243 e. The number of aryl methyl sites for hydroxylation is 1. The van der Waals surface area contributed by atoms with Crippen LogP contribution >= 0.6 is 0 Å². The molecule has 2 fully saturated rings. The van der Waals surface area contributed by atoms with E-state index in [0.29, 0.717) is 45.5 Å². The monoisotopic (exact) mass is 571 g/mol. The van der Waals surface area contributed by atoms with Crippen molar-refractivity contribution in [1.29, 1.82) is 0 Å². The maximum Gasteiger partial charge on any atom is 0.243 e. The maximum atomic E-state index is 13.4. The number of nitrogens with zero attached hydrogens (tertiary/aromatic N) is 2. The number of rotatable bonds is 3. The van der Waals surface area contributed by atoms with E-state index in [-0.39, 0.29) is 29.8 Å². The van der Waals surface area contributed by atoms with Crippen LogP contribution < -0.4 is 10.1 Å². The van der Waals surface area contributed by atoms with Gasteiger partial charge in [0.25, 0.3) is 0 Å². The van der Waals surface area contributed by atoms with Gasteiger partial charge in [-0.15, -0.1) is 0 Å². The highest BCUT2D eigenvalue weighted by Crippen LogP contribution is 2.38. The summed E-state index contributed by atoms with van der Waals surface area (Å²) in [5, 5.41) is 3.09. The van der Waals surface area contributed by atoms with Crippen molar-refractivity contribution in [2.45, 2.75) is 56.3 Å². The number of hydrogen-bond donors (Lipinski definition) is 1. The molecule has 0 radical (unpaired) electrons. The van der Waals surface area contributed by atoms with Crippen LogP contribution in [-0.4, -0.2) is 68.8 Å². The third-order valence-corrected chi connectivity index (χ3v) is 10.6. The zero-order valence-corrected chi connectivity index (χ0v) is 23.6. The third-order valence-electron chi connectivity index (χ3n) is 8.68. The zero-order chi connectivity index (χ0) is 28.2. The molecule has 10 heteroatoms. The first-order valence-electron chi connectivity index (χ1n) is 14.3. The molecule has 3 aliphatic heterocycles. The fourth-order valence-corrected chi connectivity index (χ4v) is 7.73. The Morgan fingerprint density at radius 3 is 2.50 bits per heavy atom. The Kier molecular flexibility index (Phi) is 8.75. The summed E-state index contributed by atoms with van der Waals surface area (Å²) in [5.74, 6) is -0.0534. The molecule has 0 aliphatic carbocycles. The average Bonchev–Trinajstić information content (AvgIpc) is 3.47. The molecule has 0 aromatic heterocycles. The summed E-state index contributed by atoms with van der Waals surface area (Å²) in [6.07, 6.45) is 6.37. The van der Waals surface area contributed by atoms with Crippen LogP contribution in [0.5, 0.6) is 5.75 Å². The highest BCUT2D eigenvalue weighted by molar-refractivity contribution is 7.89. The van der Waals surface area contributed by atoms with Crippen molar-refractivity contribution in [1.82, 2.24) is 14.5 Å². The predicted molar refractivity (Wildman–Crippen MR) is 149 cm³/mol. The van der Waals surface area contributed by atoms with Crippen molar-refractivity contribution in [3.63, 3.8) is 0 Å². The van der Waals surface area contributed by atoms with E-state index in [2.05, 4.69) is 11.4 Å². The number of nitrogens with one attached hydrogen (secondary N) is 1. The second-order valence-electron chi connectivity index (χ2n) is 11.2. The molecule has 2 aromatic carbocycles. The first-order chi connectivity index (χ1) is 19.3. The first-order valence-corrected chi connectivity index (χ1v) is 15.8. The fraction of sp³-hybridized carbons (Fsp3) is 0.533. The summed E-state index contributed by atoms with van der Waals surface area (Å²) in [6, 6.07) is 12.8. The van der Waals surface area contributed by atoms with Crippen molar-refractivity contribution in [2.24, 2.45) is 11.3 Å². The van der Waals surface area contributed by atoms with Crippen LogP contribution in [0.15, 0.2) is 53.4 Å². The Balaban J connectivity index is 1.18. The third kappa shape index (κ3) is 6.17. The van der Waals surface area contributed by atoms with Gasteiger partial charge >= 0.3 is 0 Å². The predicted octanol–water partition coefficient (Wildman–Crippen LogP) is 3.76. The van der Waals surface area contributed by atoms with Crippen LogP contribution in [0, 0.1) is 17.2 Å². The normalized spacial score (nSPS) is 22.8. The van der Waals surface area contributed by atoms with E-state index in [9.17, 15) is 22.4 Å². The fourth-order valence-electron chi connectivity index (χ4n) is 6.23. The minimum Gasteiger partial charge on any atom is -0.491 e. The van der Waals surface area contributed by atoms with E-state index in [1.165, 1.54) is 22.0 Å². The molecule has 3 heterocycles. The number of carbonyl (C=O) groups excluding carboxylic acids is 2. The van der Waals surface area contributed by atoms with Gasteiger partial charge in [0, 0.05) is 26.2 Å². The van der Waals surface area contributed by atoms with E-state index < -0.39 is 27.2 Å². The van der Waals surface area contributed by atoms with Gasteiger partial charge < -0.3 is 15.0 Å². The highest BCUT2D eigenvalue weighted by Gasteiger charge is 2.44. The Morgan fingerprint density at radius 2 is 1.73 bits per heavy atom. The highest BCUT2D eigenvalue weighted by atomic mass is 32.2. The Morgan fingerprint density at radius 1 is 0.975 bits per heavy atom. The molecule has 40 heavy (non-hydrogen) atoms. The minimum absolute atomic E-state index is 0.0282. The molecule has 0 saturated carbocycles. The first kappa shape index (κ1) is 28.5. The quantitative estimate of drug-likeness (QED) is 0.606. The molecule has 1 unspecified atom stereocenters. The van der Waals surface area contributed by atoms with Crippen LogP contribution in [0.25, 0.3) is 0 Å². The molecule has 3 aliphatic rings. The van der Waals surface area contributed by atoms with Crippen LogP contribution in [-0.2, 0) is 26.0 Å². The minimum atomic E-state index is -3.79. The van der Waals surface area contributed by atoms with Gasteiger partial charge in [0.15, 0.2) is 0 Å². The molecule has 216 valence electrons. The Bertz CT molecular complexity index is 1310. The summed E-state index contributed by atoms with van der Waals surface area (Å²) in [5.41, 5.74) is 0.691. The lowest BCUT2D eigenvalue weighted by Crippen LogP contribution is -2.52. The molecule has 1 N–H and O–H groups in total. The molecule has 2 saturated heterocycles. The molecular weight excluding hydrogens is 533 g/mol. The number of likely N-dealkylation sites (tertiary alicyclic amines) is 1. The molecule has 1 spiro atoms. The number of para-hydroxylation sites is 1. The van der Waals surface area contributed by atoms with Crippen LogP contribution in [0.1, 0.15) is 50.5 Å². The van der Waals surface area contributed by atoms with Gasteiger partial charge in [-0.2, -0.15) is 4.31 Å². The Hall–Kier alpha value is -2.98. The second-order valence-corrected chi connectivity index (χ2v) is 13.1. The van der Waals surface area contributed by atoms with E-state index in [1.54, 1.807) is 4.90 Å². The van der Waals surface area contributed by atoms with Gasteiger partial charge in [-0.05, 0) is 74.4 Å². The van der Waals surface area contributed by atoms with E-state index in [4.69, 9.17) is 4.74 Å². The summed E-state index contributed by atoms with van der Waals surface area (Å²) < 4.78 is 46.6. The topological polar surface area (TPSA) is 96.0 Å². The molecule has 2 aromatic rings.